The summed E-state index contributed by atoms with van der Waals surface area (Å²) in [5, 5.41) is 0. The third-order valence-electron chi connectivity index (χ3n) is 2.39. The van der Waals surface area contributed by atoms with Gasteiger partial charge in [0.15, 0.2) is 0 Å². The van der Waals surface area contributed by atoms with Gasteiger partial charge in [-0.3, -0.25) is 4.79 Å². The van der Waals surface area contributed by atoms with Crippen molar-refractivity contribution < 1.29 is 13.2 Å². The molecule has 0 radical (unpaired) electrons. The van der Waals surface area contributed by atoms with Crippen LogP contribution in [0.3, 0.4) is 0 Å². The first-order valence-electron chi connectivity index (χ1n) is 4.85. The Labute approximate surface area is 102 Å². The zero-order chi connectivity index (χ0) is 11.9. The Bertz CT molecular complexity index is 553. The van der Waals surface area contributed by atoms with Crippen LogP contribution < -0.4 is 0 Å². The second-order valence-corrected chi connectivity index (χ2v) is 6.27. The molecule has 0 saturated heterocycles. The van der Waals surface area contributed by atoms with Crippen molar-refractivity contribution in [3.05, 3.63) is 28.2 Å². The van der Waals surface area contributed by atoms with Crippen LogP contribution in [0.1, 0.15) is 23.7 Å². The Morgan fingerprint density at radius 1 is 1.38 bits per heavy atom. The lowest BCUT2D eigenvalue weighted by Gasteiger charge is -2.12. The molecule has 16 heavy (non-hydrogen) atoms. The molecule has 1 aromatic rings. The number of rotatable bonds is 2. The molecule has 86 valence electrons. The Morgan fingerprint density at radius 2 is 2.06 bits per heavy atom. The molecule has 0 aromatic heterocycles. The van der Waals surface area contributed by atoms with Crippen molar-refractivity contribution in [1.82, 2.24) is 4.31 Å². The quantitative estimate of drug-likeness (QED) is 0.840. The average Bonchev–Trinajstić information content (AvgIpc) is 2.40. The third-order valence-corrected chi connectivity index (χ3v) is 4.73. The smallest absolute Gasteiger partial charge is 0.268 e. The van der Waals surface area contributed by atoms with Gasteiger partial charge in [-0.05, 0) is 24.6 Å². The van der Waals surface area contributed by atoms with Crippen LogP contribution in [0.2, 0.25) is 0 Å². The molecule has 6 heteroatoms. The molecule has 4 nitrogen and oxygen atoms in total. The minimum atomic E-state index is -3.61. The summed E-state index contributed by atoms with van der Waals surface area (Å²) in [5.41, 5.74) is 0.253. The van der Waals surface area contributed by atoms with E-state index in [1.165, 1.54) is 6.07 Å². The summed E-state index contributed by atoms with van der Waals surface area (Å²) in [6.45, 7) is 2.06. The molecule has 1 aliphatic heterocycles. The van der Waals surface area contributed by atoms with E-state index in [9.17, 15) is 13.2 Å². The van der Waals surface area contributed by atoms with Gasteiger partial charge in [-0.25, -0.2) is 12.7 Å². The van der Waals surface area contributed by atoms with E-state index in [1.54, 1.807) is 12.1 Å². The van der Waals surface area contributed by atoms with E-state index in [0.717, 1.165) is 4.31 Å². The van der Waals surface area contributed by atoms with Gasteiger partial charge < -0.3 is 0 Å². The van der Waals surface area contributed by atoms with Gasteiger partial charge in [-0.2, -0.15) is 0 Å². The zero-order valence-corrected chi connectivity index (χ0v) is 11.0. The fourth-order valence-electron chi connectivity index (χ4n) is 1.68. The van der Waals surface area contributed by atoms with Crippen LogP contribution in [0.15, 0.2) is 27.6 Å². The Morgan fingerprint density at radius 3 is 2.69 bits per heavy atom. The second kappa shape index (κ2) is 3.85. The van der Waals surface area contributed by atoms with Gasteiger partial charge >= 0.3 is 0 Å². The maximum absolute atomic E-state index is 12.0. The zero-order valence-electron chi connectivity index (χ0n) is 8.60. The SMILES string of the molecule is CCCN1C(=O)c2cc(Br)ccc2S1(=O)=O. The third kappa shape index (κ3) is 1.56. The normalized spacial score (nSPS) is 17.6. The van der Waals surface area contributed by atoms with Crippen LogP contribution in [0.5, 0.6) is 0 Å². The first-order valence-corrected chi connectivity index (χ1v) is 7.08. The first kappa shape index (κ1) is 11.6. The highest BCUT2D eigenvalue weighted by atomic mass is 79.9. The van der Waals surface area contributed by atoms with Gasteiger partial charge in [0.2, 0.25) is 0 Å². The molecule has 0 saturated carbocycles. The van der Waals surface area contributed by atoms with Gasteiger partial charge in [0, 0.05) is 11.0 Å². The van der Waals surface area contributed by atoms with Crippen molar-refractivity contribution in [2.24, 2.45) is 0 Å². The monoisotopic (exact) mass is 303 g/mol. The first-order chi connectivity index (χ1) is 7.48. The van der Waals surface area contributed by atoms with Gasteiger partial charge in [0.25, 0.3) is 15.9 Å². The van der Waals surface area contributed by atoms with E-state index in [-0.39, 0.29) is 17.0 Å². The lowest BCUT2D eigenvalue weighted by molar-refractivity contribution is 0.0871. The molecule has 0 bridgehead atoms. The Balaban J connectivity index is 2.62. The van der Waals surface area contributed by atoms with E-state index in [2.05, 4.69) is 15.9 Å². The fourth-order valence-corrected chi connectivity index (χ4v) is 3.68. The summed E-state index contributed by atoms with van der Waals surface area (Å²) in [6, 6.07) is 4.63. The minimum Gasteiger partial charge on any atom is -0.268 e. The Kier molecular flexibility index (Phi) is 2.79. The molecule has 1 aromatic carbocycles. The largest absolute Gasteiger partial charge is 0.269 e. The molecule has 0 aliphatic carbocycles. The number of sulfonamides is 1. The molecular formula is C10H10BrNO3S. The molecule has 0 N–H and O–H groups in total. The highest BCUT2D eigenvalue weighted by Gasteiger charge is 2.40. The van der Waals surface area contributed by atoms with Crippen LogP contribution in [0, 0.1) is 0 Å². The molecular weight excluding hydrogens is 294 g/mol. The minimum absolute atomic E-state index is 0.106. The van der Waals surface area contributed by atoms with Gasteiger partial charge in [-0.1, -0.05) is 22.9 Å². The number of fused-ring (bicyclic) bond motifs is 1. The molecule has 0 spiro atoms. The van der Waals surface area contributed by atoms with Crippen molar-refractivity contribution in [3.63, 3.8) is 0 Å². The topological polar surface area (TPSA) is 54.5 Å². The van der Waals surface area contributed by atoms with Gasteiger partial charge in [0.1, 0.15) is 4.90 Å². The van der Waals surface area contributed by atoms with Gasteiger partial charge in [0.05, 0.1) is 5.56 Å². The van der Waals surface area contributed by atoms with E-state index in [0.29, 0.717) is 10.9 Å². The van der Waals surface area contributed by atoms with E-state index in [1.807, 2.05) is 6.92 Å². The number of halogens is 1. The number of hydrogen-bond acceptors (Lipinski definition) is 3. The molecule has 0 fully saturated rings. The molecule has 0 atom stereocenters. The molecule has 2 rings (SSSR count). The highest BCUT2D eigenvalue weighted by Crippen LogP contribution is 2.32. The predicted molar refractivity (Wildman–Crippen MR) is 62.7 cm³/mol. The fraction of sp³-hybridized carbons (Fsp3) is 0.300. The van der Waals surface area contributed by atoms with Crippen molar-refractivity contribution in [1.29, 1.82) is 0 Å². The molecule has 1 heterocycles. The summed E-state index contributed by atoms with van der Waals surface area (Å²) in [6.07, 6.45) is 0.611. The number of benzene rings is 1. The van der Waals surface area contributed by atoms with Crippen LogP contribution in [0.25, 0.3) is 0 Å². The maximum atomic E-state index is 12.0. The molecule has 1 amide bonds. The standard InChI is InChI=1S/C10H10BrNO3S/c1-2-5-12-10(13)8-6-7(11)3-4-9(8)16(12,14)15/h3-4,6H,2,5H2,1H3. The maximum Gasteiger partial charge on any atom is 0.269 e. The lowest BCUT2D eigenvalue weighted by atomic mass is 10.2. The van der Waals surface area contributed by atoms with Crippen molar-refractivity contribution in [2.45, 2.75) is 18.2 Å². The number of amides is 1. The summed E-state index contributed by atoms with van der Waals surface area (Å²) >= 11 is 3.22. The van der Waals surface area contributed by atoms with Gasteiger partial charge in [-0.15, -0.1) is 0 Å². The second-order valence-electron chi connectivity index (χ2n) is 3.52. The average molecular weight is 304 g/mol. The van der Waals surface area contributed by atoms with Crippen molar-refractivity contribution >= 4 is 31.9 Å². The van der Waals surface area contributed by atoms with E-state index in [4.69, 9.17) is 0 Å². The summed E-state index contributed by atoms with van der Waals surface area (Å²) in [7, 11) is -3.61. The summed E-state index contributed by atoms with van der Waals surface area (Å²) in [4.78, 5) is 12.0. The highest BCUT2D eigenvalue weighted by molar-refractivity contribution is 9.10. The molecule has 0 unspecified atom stereocenters. The number of carbonyl (C=O) groups is 1. The Hall–Kier alpha value is -0.880. The number of hydrogen-bond donors (Lipinski definition) is 0. The lowest BCUT2D eigenvalue weighted by Crippen LogP contribution is -2.30. The van der Waals surface area contributed by atoms with E-state index >= 15 is 0 Å². The molecule has 1 aliphatic rings. The van der Waals surface area contributed by atoms with Crippen LogP contribution in [-0.4, -0.2) is 25.2 Å². The van der Waals surface area contributed by atoms with Crippen LogP contribution in [-0.2, 0) is 10.0 Å². The predicted octanol–water partition coefficient (Wildman–Crippen LogP) is 2.00. The number of carbonyl (C=O) groups excluding carboxylic acids is 1. The summed E-state index contributed by atoms with van der Waals surface area (Å²) < 4.78 is 25.6. The van der Waals surface area contributed by atoms with Crippen molar-refractivity contribution in [3.8, 4) is 0 Å². The summed E-state index contributed by atoms with van der Waals surface area (Å²) in [5.74, 6) is -0.432. The number of nitrogens with zero attached hydrogens (tertiary/aromatic N) is 1. The van der Waals surface area contributed by atoms with E-state index < -0.39 is 15.9 Å². The van der Waals surface area contributed by atoms with Crippen LogP contribution >= 0.6 is 15.9 Å². The van der Waals surface area contributed by atoms with Crippen molar-refractivity contribution in [2.75, 3.05) is 6.54 Å². The van der Waals surface area contributed by atoms with Crippen LogP contribution in [0.4, 0.5) is 0 Å².